The van der Waals surface area contributed by atoms with Crippen LogP contribution in [-0.4, -0.2) is 19.2 Å². The van der Waals surface area contributed by atoms with Crippen molar-refractivity contribution in [2.45, 2.75) is 92.7 Å². The molecule has 4 aliphatic rings. The van der Waals surface area contributed by atoms with Crippen molar-refractivity contribution in [3.05, 3.63) is 78.9 Å². The average molecular weight is 587 g/mol. The van der Waals surface area contributed by atoms with Crippen molar-refractivity contribution in [1.29, 1.82) is 0 Å². The Bertz CT molecular complexity index is 1230. The van der Waals surface area contributed by atoms with E-state index in [1.54, 1.807) is 0 Å². The van der Waals surface area contributed by atoms with Gasteiger partial charge < -0.3 is 13.7 Å². The summed E-state index contributed by atoms with van der Waals surface area (Å²) in [5.74, 6) is 3.71. The molecule has 4 fully saturated rings. The van der Waals surface area contributed by atoms with Gasteiger partial charge in [-0.15, -0.1) is 0 Å². The Balaban J connectivity index is 1.42. The molecule has 0 N–H and O–H groups in total. The van der Waals surface area contributed by atoms with Gasteiger partial charge in [-0.1, -0.05) is 44.9 Å². The van der Waals surface area contributed by atoms with E-state index in [1.807, 2.05) is 30.3 Å². The van der Waals surface area contributed by atoms with Crippen LogP contribution in [0.4, 0.5) is 0 Å². The molecule has 0 atom stereocenters. The maximum Gasteiger partial charge on any atom is 0.323 e. The number of carbonyl (C=O) groups is 1. The van der Waals surface area contributed by atoms with E-state index in [0.29, 0.717) is 31.0 Å². The molecule has 3 aromatic carbocycles. The summed E-state index contributed by atoms with van der Waals surface area (Å²) in [6.45, 7) is 5.74. The maximum atomic E-state index is 14.7. The standard InChI is InChI=1S/C37H46O4S/c1-3-5-20-39-31-12-16-34(17-13-31)42(33-10-8-7-9-11-33,35-18-14-32(15-19-35)40-21-6-4-2)41-36(38)37-25-28-22-29(26-37)24-30(23-28)27-37/h7-19,28-30H,3-6,20-27H2,1-2H3. The summed E-state index contributed by atoms with van der Waals surface area (Å²) >= 11 is 0. The SMILES string of the molecule is CCCCOc1ccc(S(OC(=O)C23CC4CC(CC(C4)C2)C3)(c2ccccc2)c2ccc(OCCCC)cc2)cc1. The van der Waals surface area contributed by atoms with Gasteiger partial charge in [0.1, 0.15) is 11.5 Å². The summed E-state index contributed by atoms with van der Waals surface area (Å²) in [4.78, 5) is 17.7. The number of unbranched alkanes of at least 4 members (excludes halogenated alkanes) is 2. The van der Waals surface area contributed by atoms with Crippen LogP contribution >= 0.6 is 10.3 Å². The summed E-state index contributed by atoms with van der Waals surface area (Å²) in [5.41, 5.74) is -0.353. The van der Waals surface area contributed by atoms with Crippen LogP contribution in [0.15, 0.2) is 93.5 Å². The van der Waals surface area contributed by atoms with Gasteiger partial charge >= 0.3 is 5.97 Å². The number of rotatable bonds is 13. The minimum Gasteiger partial charge on any atom is -0.494 e. The minimum absolute atomic E-state index is 0.00648. The average Bonchev–Trinajstić information content (AvgIpc) is 3.01. The van der Waals surface area contributed by atoms with Crippen LogP contribution in [0.25, 0.3) is 0 Å². The third-order valence-electron chi connectivity index (χ3n) is 9.59. The zero-order valence-electron chi connectivity index (χ0n) is 25.3. The van der Waals surface area contributed by atoms with E-state index < -0.39 is 10.3 Å². The largest absolute Gasteiger partial charge is 0.494 e. The zero-order valence-corrected chi connectivity index (χ0v) is 26.1. The number of benzene rings is 3. The van der Waals surface area contributed by atoms with Gasteiger partial charge in [0, 0.05) is 14.7 Å². The molecule has 4 aliphatic carbocycles. The summed E-state index contributed by atoms with van der Waals surface area (Å²) in [6, 6.07) is 27.0. The Morgan fingerprint density at radius 2 is 1.10 bits per heavy atom. The van der Waals surface area contributed by atoms with Crippen molar-refractivity contribution in [3.63, 3.8) is 0 Å². The van der Waals surface area contributed by atoms with E-state index in [9.17, 15) is 4.79 Å². The molecule has 224 valence electrons. The molecule has 0 radical (unpaired) electrons. The summed E-state index contributed by atoms with van der Waals surface area (Å²) in [6.07, 6.45) is 11.1. The highest BCUT2D eigenvalue weighted by Crippen LogP contribution is 2.71. The zero-order chi connectivity index (χ0) is 29.0. The molecule has 0 aliphatic heterocycles. The highest BCUT2D eigenvalue weighted by atomic mass is 32.3. The first-order valence-corrected chi connectivity index (χ1v) is 17.7. The van der Waals surface area contributed by atoms with Crippen LogP contribution < -0.4 is 9.47 Å². The van der Waals surface area contributed by atoms with E-state index in [2.05, 4.69) is 62.4 Å². The normalized spacial score (nSPS) is 24.8. The van der Waals surface area contributed by atoms with Gasteiger partial charge in [0.05, 0.1) is 18.6 Å². The summed E-state index contributed by atoms with van der Waals surface area (Å²) < 4.78 is 19.2. The molecule has 42 heavy (non-hydrogen) atoms. The van der Waals surface area contributed by atoms with Gasteiger partial charge in [-0.25, -0.2) is 0 Å². The van der Waals surface area contributed by atoms with Crippen molar-refractivity contribution in [3.8, 4) is 11.5 Å². The number of ether oxygens (including phenoxy) is 2. The van der Waals surface area contributed by atoms with Crippen LogP contribution in [0.2, 0.25) is 0 Å². The molecular weight excluding hydrogens is 540 g/mol. The Kier molecular flexibility index (Phi) is 8.85. The first-order chi connectivity index (χ1) is 20.5. The minimum atomic E-state index is -2.37. The molecule has 3 aromatic rings. The van der Waals surface area contributed by atoms with E-state index in [4.69, 9.17) is 13.7 Å². The molecule has 0 spiro atoms. The monoisotopic (exact) mass is 586 g/mol. The first-order valence-electron chi connectivity index (χ1n) is 16.1. The van der Waals surface area contributed by atoms with Crippen molar-refractivity contribution in [2.75, 3.05) is 13.2 Å². The molecular formula is C37H46O4S. The summed E-state index contributed by atoms with van der Waals surface area (Å²) in [5, 5.41) is 0. The molecule has 0 heterocycles. The lowest BCUT2D eigenvalue weighted by Gasteiger charge is -2.56. The Labute approximate surface area is 253 Å². The molecule has 0 unspecified atom stereocenters. The van der Waals surface area contributed by atoms with Crippen LogP contribution in [0.3, 0.4) is 0 Å². The number of hydrogen-bond donors (Lipinski definition) is 0. The van der Waals surface area contributed by atoms with E-state index >= 15 is 0 Å². The van der Waals surface area contributed by atoms with Crippen molar-refractivity contribution >= 4 is 16.3 Å². The van der Waals surface area contributed by atoms with Crippen molar-refractivity contribution in [2.24, 2.45) is 23.2 Å². The molecule has 4 nitrogen and oxygen atoms in total. The van der Waals surface area contributed by atoms with E-state index in [1.165, 1.54) is 19.3 Å². The predicted octanol–water partition coefficient (Wildman–Crippen LogP) is 10.0. The fourth-order valence-corrected chi connectivity index (χ4v) is 10.9. The number of hydrogen-bond acceptors (Lipinski definition) is 4. The van der Waals surface area contributed by atoms with Gasteiger partial charge in [-0.3, -0.25) is 4.79 Å². The maximum absolute atomic E-state index is 14.7. The lowest BCUT2D eigenvalue weighted by atomic mass is 9.49. The number of carbonyl (C=O) groups excluding carboxylic acids is 1. The highest BCUT2D eigenvalue weighted by molar-refractivity contribution is 8.30. The second-order valence-electron chi connectivity index (χ2n) is 12.8. The van der Waals surface area contributed by atoms with Gasteiger partial charge in [-0.2, -0.15) is 0 Å². The van der Waals surface area contributed by atoms with E-state index in [-0.39, 0.29) is 11.4 Å². The first kappa shape index (κ1) is 29.2. The Morgan fingerprint density at radius 1 is 0.667 bits per heavy atom. The lowest BCUT2D eigenvalue weighted by molar-refractivity contribution is -0.160. The van der Waals surface area contributed by atoms with Gasteiger partial charge in [0.2, 0.25) is 0 Å². The second kappa shape index (κ2) is 12.8. The fraction of sp³-hybridized carbons (Fsp3) is 0.486. The quantitative estimate of drug-likeness (QED) is 0.187. The molecule has 0 aromatic heterocycles. The molecule has 4 bridgehead atoms. The fourth-order valence-electron chi connectivity index (χ4n) is 7.85. The van der Waals surface area contributed by atoms with Crippen molar-refractivity contribution in [1.82, 2.24) is 0 Å². The lowest BCUT2D eigenvalue weighted by Crippen LogP contribution is -2.50. The highest BCUT2D eigenvalue weighted by Gasteiger charge is 2.57. The molecule has 0 amide bonds. The van der Waals surface area contributed by atoms with E-state index in [0.717, 1.165) is 71.1 Å². The summed E-state index contributed by atoms with van der Waals surface area (Å²) in [7, 11) is -2.37. The van der Waals surface area contributed by atoms with Gasteiger partial charge in [0.15, 0.2) is 0 Å². The third kappa shape index (κ3) is 5.82. The molecule has 4 saturated carbocycles. The second-order valence-corrected chi connectivity index (χ2v) is 15.5. The predicted molar refractivity (Wildman–Crippen MR) is 169 cm³/mol. The van der Waals surface area contributed by atoms with Gasteiger partial charge in [-0.05, 0) is 140 Å². The van der Waals surface area contributed by atoms with Crippen LogP contribution in [0.5, 0.6) is 11.5 Å². The topological polar surface area (TPSA) is 44.8 Å². The molecule has 0 saturated heterocycles. The van der Waals surface area contributed by atoms with Crippen molar-refractivity contribution < 1.29 is 18.5 Å². The third-order valence-corrected chi connectivity index (χ3v) is 12.8. The smallest absolute Gasteiger partial charge is 0.323 e. The molecule has 5 heteroatoms. The van der Waals surface area contributed by atoms with Crippen LogP contribution in [-0.2, 0) is 8.98 Å². The van der Waals surface area contributed by atoms with Gasteiger partial charge in [0.25, 0.3) is 0 Å². The Morgan fingerprint density at radius 3 is 1.52 bits per heavy atom. The van der Waals surface area contributed by atoms with Crippen LogP contribution in [0, 0.1) is 23.2 Å². The Hall–Kier alpha value is -2.92. The molecule has 7 rings (SSSR count). The van der Waals surface area contributed by atoms with Crippen LogP contribution in [0.1, 0.15) is 78.1 Å².